The van der Waals surface area contributed by atoms with Gasteiger partial charge < -0.3 is 30.0 Å². The van der Waals surface area contributed by atoms with E-state index in [-0.39, 0.29) is 12.1 Å². The summed E-state index contributed by atoms with van der Waals surface area (Å²) >= 11 is 0. The number of nitrogens with two attached hydrogens (primary N) is 1. The normalized spacial score (nSPS) is 16.3. The first-order chi connectivity index (χ1) is 15.0. The van der Waals surface area contributed by atoms with Gasteiger partial charge in [-0.1, -0.05) is 12.1 Å². The second kappa shape index (κ2) is 9.04. The van der Waals surface area contributed by atoms with Gasteiger partial charge in [0.1, 0.15) is 0 Å². The van der Waals surface area contributed by atoms with Crippen LogP contribution >= 0.6 is 0 Å². The van der Waals surface area contributed by atoms with Crippen LogP contribution < -0.4 is 16.0 Å². The topological polar surface area (TPSA) is 84.0 Å². The number of amides is 1. The van der Waals surface area contributed by atoms with Crippen LogP contribution in [0.5, 0.6) is 0 Å². The van der Waals surface area contributed by atoms with Gasteiger partial charge in [-0.25, -0.2) is 4.79 Å². The van der Waals surface area contributed by atoms with Crippen LogP contribution in [0.1, 0.15) is 13.8 Å². The Morgan fingerprint density at radius 1 is 1.19 bits per heavy atom. The fourth-order valence-corrected chi connectivity index (χ4v) is 3.89. The maximum absolute atomic E-state index is 12.1. The quantitative estimate of drug-likeness (QED) is 0.569. The molecule has 1 aliphatic rings. The summed E-state index contributed by atoms with van der Waals surface area (Å²) in [7, 11) is 0. The minimum Gasteiger partial charge on any atom is -0.472 e. The Labute approximate surface area is 182 Å². The van der Waals surface area contributed by atoms with Crippen LogP contribution in [0.15, 0.2) is 65.5 Å². The molecule has 0 aliphatic carbocycles. The van der Waals surface area contributed by atoms with Gasteiger partial charge in [0.25, 0.3) is 0 Å². The molecule has 3 N–H and O–H groups in total. The summed E-state index contributed by atoms with van der Waals surface area (Å²) < 4.78 is 10.3. The molecule has 1 amide bonds. The lowest BCUT2D eigenvalue weighted by Crippen LogP contribution is -2.54. The molecule has 7 heteroatoms. The van der Waals surface area contributed by atoms with E-state index in [9.17, 15) is 4.79 Å². The number of piperazine rings is 1. The van der Waals surface area contributed by atoms with Crippen LogP contribution in [-0.4, -0.2) is 43.3 Å². The highest BCUT2D eigenvalue weighted by atomic mass is 16.6. The third-order valence-corrected chi connectivity index (χ3v) is 5.53. The number of anilines is 4. The molecule has 1 aliphatic heterocycles. The second-order valence-electron chi connectivity index (χ2n) is 7.68. The Bertz CT molecular complexity index is 1040. The number of rotatable bonds is 5. The maximum atomic E-state index is 12.1. The van der Waals surface area contributed by atoms with Crippen molar-refractivity contribution in [3.63, 3.8) is 0 Å². The van der Waals surface area contributed by atoms with E-state index < -0.39 is 0 Å². The number of hydrogen-bond donors (Lipinski definition) is 2. The largest absolute Gasteiger partial charge is 0.472 e. The second-order valence-corrected chi connectivity index (χ2v) is 7.68. The molecule has 162 valence electrons. The maximum Gasteiger partial charge on any atom is 0.410 e. The molecular weight excluding hydrogens is 392 g/mol. The van der Waals surface area contributed by atoms with Crippen molar-refractivity contribution in [1.29, 1.82) is 0 Å². The van der Waals surface area contributed by atoms with E-state index >= 15 is 0 Å². The molecule has 4 rings (SSSR count). The number of benzene rings is 2. The number of nitrogens with zero attached hydrogens (tertiary/aromatic N) is 2. The fourth-order valence-electron chi connectivity index (χ4n) is 3.89. The van der Waals surface area contributed by atoms with Gasteiger partial charge in [-0.3, -0.25) is 0 Å². The molecule has 0 spiro atoms. The van der Waals surface area contributed by atoms with Crippen molar-refractivity contribution >= 4 is 28.8 Å². The molecule has 0 saturated carbocycles. The van der Waals surface area contributed by atoms with E-state index in [0.29, 0.717) is 18.8 Å². The first-order valence-electron chi connectivity index (χ1n) is 10.5. The average Bonchev–Trinajstić information content (AvgIpc) is 3.30. The standard InChI is InChI=1S/C24H28N4O3/c1-3-31-24(29)28-11-10-27(15-17(28)2)21-6-4-5-20(14-21)26-23-8-7-18(13-22(23)25)19-9-12-30-16-19/h4-9,12-14,16-17,26H,3,10-11,15,25H2,1-2H3. The van der Waals surface area contributed by atoms with Crippen molar-refractivity contribution in [2.45, 2.75) is 19.9 Å². The Morgan fingerprint density at radius 3 is 2.77 bits per heavy atom. The van der Waals surface area contributed by atoms with Crippen molar-refractivity contribution in [2.24, 2.45) is 0 Å². The van der Waals surface area contributed by atoms with Crippen molar-refractivity contribution in [2.75, 3.05) is 42.2 Å². The molecule has 1 unspecified atom stereocenters. The van der Waals surface area contributed by atoms with Crippen LogP contribution in [0, 0.1) is 0 Å². The van der Waals surface area contributed by atoms with Gasteiger partial charge >= 0.3 is 6.09 Å². The van der Waals surface area contributed by atoms with E-state index in [4.69, 9.17) is 14.9 Å². The molecule has 1 aromatic heterocycles. The van der Waals surface area contributed by atoms with E-state index in [2.05, 4.69) is 22.3 Å². The van der Waals surface area contributed by atoms with Crippen molar-refractivity contribution in [3.8, 4) is 11.1 Å². The summed E-state index contributed by atoms with van der Waals surface area (Å²) in [6.45, 7) is 6.42. The Kier molecular flexibility index (Phi) is 6.02. The van der Waals surface area contributed by atoms with Crippen LogP contribution in [-0.2, 0) is 4.74 Å². The smallest absolute Gasteiger partial charge is 0.410 e. The van der Waals surface area contributed by atoms with Crippen LogP contribution in [0.3, 0.4) is 0 Å². The summed E-state index contributed by atoms with van der Waals surface area (Å²) in [5, 5.41) is 3.42. The van der Waals surface area contributed by atoms with Gasteiger partial charge in [0.2, 0.25) is 0 Å². The molecule has 7 nitrogen and oxygen atoms in total. The van der Waals surface area contributed by atoms with E-state index in [0.717, 1.165) is 41.3 Å². The van der Waals surface area contributed by atoms with Crippen molar-refractivity contribution in [3.05, 3.63) is 61.1 Å². The zero-order chi connectivity index (χ0) is 21.8. The lowest BCUT2D eigenvalue weighted by molar-refractivity contribution is 0.0891. The highest BCUT2D eigenvalue weighted by Gasteiger charge is 2.28. The Balaban J connectivity index is 1.45. The minimum atomic E-state index is -0.237. The molecule has 2 heterocycles. The van der Waals surface area contributed by atoms with Crippen molar-refractivity contribution in [1.82, 2.24) is 4.90 Å². The number of hydrogen-bond acceptors (Lipinski definition) is 6. The highest BCUT2D eigenvalue weighted by Crippen LogP contribution is 2.31. The third-order valence-electron chi connectivity index (χ3n) is 5.53. The van der Waals surface area contributed by atoms with Crippen molar-refractivity contribution < 1.29 is 13.9 Å². The predicted molar refractivity (Wildman–Crippen MR) is 124 cm³/mol. The van der Waals surface area contributed by atoms with E-state index in [1.165, 1.54) is 0 Å². The summed E-state index contributed by atoms with van der Waals surface area (Å²) in [6, 6.07) is 16.2. The van der Waals surface area contributed by atoms with Crippen LogP contribution in [0.2, 0.25) is 0 Å². The zero-order valence-corrected chi connectivity index (χ0v) is 17.9. The summed E-state index contributed by atoms with van der Waals surface area (Å²) in [5.74, 6) is 0. The molecular formula is C24H28N4O3. The van der Waals surface area contributed by atoms with Crippen LogP contribution in [0.4, 0.5) is 27.5 Å². The molecule has 0 radical (unpaired) electrons. The van der Waals surface area contributed by atoms with Crippen LogP contribution in [0.25, 0.3) is 11.1 Å². The Hall–Kier alpha value is -3.61. The van der Waals surface area contributed by atoms with Gasteiger partial charge in [-0.05, 0) is 55.8 Å². The molecule has 0 bridgehead atoms. The fraction of sp³-hybridized carbons (Fsp3) is 0.292. The SMILES string of the molecule is CCOC(=O)N1CCN(c2cccc(Nc3ccc(-c4ccoc4)cc3N)c2)CC1C. The van der Waals surface area contributed by atoms with Gasteiger partial charge in [0.05, 0.1) is 30.5 Å². The monoisotopic (exact) mass is 420 g/mol. The summed E-state index contributed by atoms with van der Waals surface area (Å²) in [5.41, 5.74) is 11.9. The van der Waals surface area contributed by atoms with Gasteiger partial charge in [0.15, 0.2) is 0 Å². The summed E-state index contributed by atoms with van der Waals surface area (Å²) in [6.07, 6.45) is 3.12. The molecule has 1 atom stereocenters. The minimum absolute atomic E-state index is 0.0792. The number of nitrogens with one attached hydrogen (secondary N) is 1. The number of nitrogen functional groups attached to an aromatic ring is 1. The Morgan fingerprint density at radius 2 is 2.06 bits per heavy atom. The van der Waals surface area contributed by atoms with Gasteiger partial charge in [-0.15, -0.1) is 0 Å². The van der Waals surface area contributed by atoms with E-state index in [1.807, 2.05) is 50.2 Å². The lowest BCUT2D eigenvalue weighted by Gasteiger charge is -2.40. The van der Waals surface area contributed by atoms with E-state index in [1.54, 1.807) is 17.4 Å². The number of ether oxygens (including phenoxy) is 1. The molecule has 1 fully saturated rings. The lowest BCUT2D eigenvalue weighted by atomic mass is 10.1. The summed E-state index contributed by atoms with van der Waals surface area (Å²) in [4.78, 5) is 16.2. The molecule has 31 heavy (non-hydrogen) atoms. The molecule has 1 saturated heterocycles. The number of furan rings is 1. The highest BCUT2D eigenvalue weighted by molar-refractivity contribution is 5.79. The average molecular weight is 421 g/mol. The molecule has 3 aromatic rings. The zero-order valence-electron chi connectivity index (χ0n) is 17.9. The molecule has 2 aromatic carbocycles. The number of carbonyl (C=O) groups is 1. The predicted octanol–water partition coefficient (Wildman–Crippen LogP) is 4.94. The van der Waals surface area contributed by atoms with Gasteiger partial charge in [-0.2, -0.15) is 0 Å². The first kappa shape index (κ1) is 20.7. The number of carbonyl (C=O) groups excluding carboxylic acids is 1. The van der Waals surface area contributed by atoms with Gasteiger partial charge in [0, 0.05) is 42.6 Å². The third kappa shape index (κ3) is 4.60. The first-order valence-corrected chi connectivity index (χ1v) is 10.5.